The third-order valence-corrected chi connectivity index (χ3v) is 6.05. The average molecular weight is 339 g/mol. The summed E-state index contributed by atoms with van der Waals surface area (Å²) in [5, 5.41) is 9.20. The Morgan fingerprint density at radius 3 is 2.74 bits per heavy atom. The fraction of sp³-hybridized carbons (Fsp3) is 0.625. The van der Waals surface area contributed by atoms with Gasteiger partial charge in [-0.2, -0.15) is 11.8 Å². The van der Waals surface area contributed by atoms with Crippen LogP contribution >= 0.6 is 11.8 Å². The van der Waals surface area contributed by atoms with Crippen LogP contribution < -0.4 is 0 Å². The summed E-state index contributed by atoms with van der Waals surface area (Å²) in [5.41, 5.74) is 0.0861. The van der Waals surface area contributed by atoms with Gasteiger partial charge < -0.3 is 19.2 Å². The van der Waals surface area contributed by atoms with Crippen molar-refractivity contribution in [1.82, 2.24) is 4.90 Å². The van der Waals surface area contributed by atoms with Gasteiger partial charge in [-0.1, -0.05) is 6.92 Å². The highest BCUT2D eigenvalue weighted by Crippen LogP contribution is 2.39. The molecule has 3 heterocycles. The zero-order chi connectivity index (χ0) is 16.4. The van der Waals surface area contributed by atoms with Gasteiger partial charge in [0.05, 0.1) is 0 Å². The molecule has 2 aliphatic heterocycles. The summed E-state index contributed by atoms with van der Waals surface area (Å²) in [6.07, 6.45) is 2.34. The summed E-state index contributed by atoms with van der Waals surface area (Å²) in [7, 11) is 0. The normalized spacial score (nSPS) is 20.7. The molecule has 0 atom stereocenters. The second-order valence-electron chi connectivity index (χ2n) is 5.98. The van der Waals surface area contributed by atoms with Crippen LogP contribution in [0.5, 0.6) is 0 Å². The number of carboxylic acids is 1. The zero-order valence-electron chi connectivity index (χ0n) is 13.2. The van der Waals surface area contributed by atoms with Gasteiger partial charge in [0.25, 0.3) is 5.91 Å². The van der Waals surface area contributed by atoms with Crippen LogP contribution in [-0.4, -0.2) is 58.7 Å². The lowest BCUT2D eigenvalue weighted by molar-refractivity contribution is 0.0518. The predicted octanol–water partition coefficient (Wildman–Crippen LogP) is 2.28. The van der Waals surface area contributed by atoms with Crippen LogP contribution in [0.2, 0.25) is 0 Å². The second-order valence-corrected chi connectivity index (χ2v) is 7.54. The number of thioether (sulfide) groups is 1. The van der Waals surface area contributed by atoms with Gasteiger partial charge in [0.1, 0.15) is 11.3 Å². The lowest BCUT2D eigenvalue weighted by Gasteiger charge is -2.44. The smallest absolute Gasteiger partial charge is 0.339 e. The van der Waals surface area contributed by atoms with E-state index in [1.165, 1.54) is 6.07 Å². The highest BCUT2D eigenvalue weighted by Gasteiger charge is 2.40. The van der Waals surface area contributed by atoms with E-state index in [-0.39, 0.29) is 22.0 Å². The molecule has 0 bridgehead atoms. The van der Waals surface area contributed by atoms with Crippen molar-refractivity contribution in [3.63, 3.8) is 0 Å². The minimum atomic E-state index is -1.06. The van der Waals surface area contributed by atoms with Gasteiger partial charge in [-0.3, -0.25) is 4.79 Å². The molecule has 1 spiro atoms. The number of carbonyl (C=O) groups is 2. The monoisotopic (exact) mass is 339 g/mol. The van der Waals surface area contributed by atoms with Crippen LogP contribution in [0.3, 0.4) is 0 Å². The van der Waals surface area contributed by atoms with Gasteiger partial charge in [-0.05, 0) is 12.8 Å². The molecule has 1 aromatic heterocycles. The van der Waals surface area contributed by atoms with Crippen molar-refractivity contribution >= 4 is 23.6 Å². The van der Waals surface area contributed by atoms with Crippen LogP contribution in [0.25, 0.3) is 0 Å². The highest BCUT2D eigenvalue weighted by molar-refractivity contribution is 8.00. The van der Waals surface area contributed by atoms with Crippen molar-refractivity contribution in [2.24, 2.45) is 0 Å². The Kier molecular flexibility index (Phi) is 4.68. The zero-order valence-corrected chi connectivity index (χ0v) is 14.0. The fourth-order valence-electron chi connectivity index (χ4n) is 3.20. The highest BCUT2D eigenvalue weighted by atomic mass is 32.2. The summed E-state index contributed by atoms with van der Waals surface area (Å²) in [4.78, 5) is 25.8. The van der Waals surface area contributed by atoms with Gasteiger partial charge in [0, 0.05) is 49.3 Å². The third kappa shape index (κ3) is 3.26. The van der Waals surface area contributed by atoms with Crippen LogP contribution in [0, 0.1) is 0 Å². The first-order chi connectivity index (χ1) is 11.0. The SMILES string of the molecule is CCc1oc(C(=O)N2CCSC3(CCOCC3)C2)cc1C(=O)O. The number of rotatable bonds is 3. The standard InChI is InChI=1S/C16H21NO5S/c1-2-12-11(15(19)20)9-13(22-12)14(18)17-5-8-23-16(10-17)3-6-21-7-4-16/h9H,2-8,10H2,1H3,(H,19,20). The maximum atomic E-state index is 12.7. The molecule has 0 unspecified atom stereocenters. The number of aryl methyl sites for hydroxylation is 1. The molecule has 3 rings (SSSR count). The minimum absolute atomic E-state index is 0.0714. The summed E-state index contributed by atoms with van der Waals surface area (Å²) in [6, 6.07) is 1.36. The van der Waals surface area contributed by atoms with E-state index in [1.807, 2.05) is 18.7 Å². The molecule has 0 aliphatic carbocycles. The molecule has 0 aromatic carbocycles. The Hall–Kier alpha value is -1.47. The number of amides is 1. The molecule has 2 saturated heterocycles. The van der Waals surface area contributed by atoms with Gasteiger partial charge in [0.15, 0.2) is 5.76 Å². The molecule has 6 nitrogen and oxygen atoms in total. The topological polar surface area (TPSA) is 80.0 Å². The molecule has 126 valence electrons. The molecular formula is C16H21NO5S. The Balaban J connectivity index is 1.78. The minimum Gasteiger partial charge on any atom is -0.478 e. The first-order valence-corrected chi connectivity index (χ1v) is 8.90. The molecule has 0 radical (unpaired) electrons. The van der Waals surface area contributed by atoms with E-state index in [2.05, 4.69) is 0 Å². The molecule has 2 fully saturated rings. The largest absolute Gasteiger partial charge is 0.478 e. The third-order valence-electron chi connectivity index (χ3n) is 4.51. The van der Waals surface area contributed by atoms with Gasteiger partial charge >= 0.3 is 5.97 Å². The van der Waals surface area contributed by atoms with Crippen LogP contribution in [0.1, 0.15) is 46.4 Å². The van der Waals surface area contributed by atoms with Crippen molar-refractivity contribution in [2.45, 2.75) is 30.9 Å². The summed E-state index contributed by atoms with van der Waals surface area (Å²) in [6.45, 7) is 4.62. The Morgan fingerprint density at radius 2 is 2.13 bits per heavy atom. The van der Waals surface area contributed by atoms with E-state index in [0.29, 0.717) is 25.3 Å². The summed E-state index contributed by atoms with van der Waals surface area (Å²) < 4.78 is 11.0. The second kappa shape index (κ2) is 6.57. The van der Waals surface area contributed by atoms with Gasteiger partial charge in [-0.15, -0.1) is 0 Å². The lowest BCUT2D eigenvalue weighted by atomic mass is 9.97. The van der Waals surface area contributed by atoms with Gasteiger partial charge in [-0.25, -0.2) is 4.79 Å². The van der Waals surface area contributed by atoms with Crippen molar-refractivity contribution in [3.8, 4) is 0 Å². The molecule has 23 heavy (non-hydrogen) atoms. The number of aromatic carboxylic acids is 1. The molecule has 7 heteroatoms. The Bertz CT molecular complexity index is 600. The van der Waals surface area contributed by atoms with E-state index in [9.17, 15) is 14.7 Å². The van der Waals surface area contributed by atoms with E-state index in [4.69, 9.17) is 9.15 Å². The van der Waals surface area contributed by atoms with E-state index < -0.39 is 5.97 Å². The van der Waals surface area contributed by atoms with Crippen molar-refractivity contribution in [1.29, 1.82) is 0 Å². The number of ether oxygens (including phenoxy) is 1. The van der Waals surface area contributed by atoms with Crippen molar-refractivity contribution < 1.29 is 23.8 Å². The quantitative estimate of drug-likeness (QED) is 0.910. The summed E-state index contributed by atoms with van der Waals surface area (Å²) in [5.74, 6) is 0.110. The molecule has 1 amide bonds. The molecule has 0 saturated carbocycles. The number of carbonyl (C=O) groups excluding carboxylic acids is 1. The van der Waals surface area contributed by atoms with Crippen LogP contribution in [0.4, 0.5) is 0 Å². The molecule has 2 aliphatic rings. The van der Waals surface area contributed by atoms with Crippen molar-refractivity contribution in [2.75, 3.05) is 32.1 Å². The number of hydrogen-bond acceptors (Lipinski definition) is 5. The average Bonchev–Trinajstić information content (AvgIpc) is 2.99. The van der Waals surface area contributed by atoms with Gasteiger partial charge in [0.2, 0.25) is 0 Å². The molecular weight excluding hydrogens is 318 g/mol. The predicted molar refractivity (Wildman–Crippen MR) is 86.2 cm³/mol. The van der Waals surface area contributed by atoms with Crippen LogP contribution in [-0.2, 0) is 11.2 Å². The Labute approximate surface area is 139 Å². The maximum Gasteiger partial charge on any atom is 0.339 e. The van der Waals surface area contributed by atoms with E-state index in [0.717, 1.165) is 31.8 Å². The first-order valence-electron chi connectivity index (χ1n) is 7.91. The van der Waals surface area contributed by atoms with Crippen molar-refractivity contribution in [3.05, 3.63) is 23.2 Å². The number of furan rings is 1. The van der Waals surface area contributed by atoms with E-state index in [1.54, 1.807) is 4.90 Å². The number of nitrogens with zero attached hydrogens (tertiary/aromatic N) is 1. The number of hydrogen-bond donors (Lipinski definition) is 1. The fourth-order valence-corrected chi connectivity index (χ4v) is 4.64. The maximum absolute atomic E-state index is 12.7. The molecule has 1 aromatic rings. The molecule has 1 N–H and O–H groups in total. The lowest BCUT2D eigenvalue weighted by Crippen LogP contribution is -2.51. The first kappa shape index (κ1) is 16.4. The number of carboxylic acid groups (broad SMARTS) is 1. The summed E-state index contributed by atoms with van der Waals surface area (Å²) >= 11 is 1.92. The van der Waals surface area contributed by atoms with Crippen LogP contribution in [0.15, 0.2) is 10.5 Å². The van der Waals surface area contributed by atoms with E-state index >= 15 is 0 Å². The Morgan fingerprint density at radius 1 is 1.39 bits per heavy atom.